The van der Waals surface area contributed by atoms with Crippen LogP contribution in [0.15, 0.2) is 12.1 Å². The molecule has 0 aliphatic heterocycles. The van der Waals surface area contributed by atoms with Crippen LogP contribution in [0.1, 0.15) is 5.69 Å². The van der Waals surface area contributed by atoms with E-state index in [0.717, 1.165) is 5.69 Å². The Balaban J connectivity index is 2.86. The lowest BCUT2D eigenvalue weighted by Crippen LogP contribution is -1.99. The summed E-state index contributed by atoms with van der Waals surface area (Å²) in [7, 11) is 3.17. The number of methoxy groups -OCH3 is 2. The van der Waals surface area contributed by atoms with Crippen molar-refractivity contribution in [2.75, 3.05) is 20.0 Å². The molecule has 1 aromatic heterocycles. The van der Waals surface area contributed by atoms with Gasteiger partial charge in [-0.3, -0.25) is 0 Å². The van der Waals surface area contributed by atoms with Crippen LogP contribution in [0.2, 0.25) is 0 Å². The standard InChI is InChI=1S/C8H12N2O2/c1-11-5-6-3-4-7(12-2)8(9)10-6/h3-4H,5H2,1-2H3,(H2,9,10). The van der Waals surface area contributed by atoms with Crippen LogP contribution < -0.4 is 10.5 Å². The van der Waals surface area contributed by atoms with Crippen molar-refractivity contribution in [1.82, 2.24) is 4.98 Å². The maximum atomic E-state index is 5.57. The second-order valence-electron chi connectivity index (χ2n) is 2.32. The van der Waals surface area contributed by atoms with Crippen LogP contribution in [0, 0.1) is 0 Å². The third-order valence-corrected chi connectivity index (χ3v) is 1.46. The third-order valence-electron chi connectivity index (χ3n) is 1.46. The predicted molar refractivity (Wildman–Crippen MR) is 45.9 cm³/mol. The van der Waals surface area contributed by atoms with E-state index in [0.29, 0.717) is 18.2 Å². The molecule has 0 radical (unpaired) electrons. The molecule has 0 spiro atoms. The highest BCUT2D eigenvalue weighted by Gasteiger charge is 2.00. The molecule has 1 aromatic rings. The number of anilines is 1. The summed E-state index contributed by atoms with van der Waals surface area (Å²) in [6.07, 6.45) is 0. The third kappa shape index (κ3) is 1.85. The maximum Gasteiger partial charge on any atom is 0.166 e. The molecule has 0 unspecified atom stereocenters. The molecule has 0 aliphatic carbocycles. The SMILES string of the molecule is COCc1ccc(OC)c(N)n1. The van der Waals surface area contributed by atoms with Gasteiger partial charge in [0.15, 0.2) is 11.6 Å². The number of nitrogens with zero attached hydrogens (tertiary/aromatic N) is 1. The first-order valence-corrected chi connectivity index (χ1v) is 3.56. The molecule has 1 rings (SSSR count). The van der Waals surface area contributed by atoms with Gasteiger partial charge >= 0.3 is 0 Å². The van der Waals surface area contributed by atoms with Crippen LogP contribution in [0.3, 0.4) is 0 Å². The Morgan fingerprint density at radius 2 is 2.17 bits per heavy atom. The Hall–Kier alpha value is -1.29. The number of rotatable bonds is 3. The second kappa shape index (κ2) is 3.92. The van der Waals surface area contributed by atoms with Crippen molar-refractivity contribution in [3.63, 3.8) is 0 Å². The molecule has 66 valence electrons. The normalized spacial score (nSPS) is 9.83. The first-order chi connectivity index (χ1) is 5.77. The van der Waals surface area contributed by atoms with E-state index >= 15 is 0 Å². The van der Waals surface area contributed by atoms with Crippen LogP contribution in [0.5, 0.6) is 5.75 Å². The van der Waals surface area contributed by atoms with Gasteiger partial charge in [-0.15, -0.1) is 0 Å². The van der Waals surface area contributed by atoms with Gasteiger partial charge in [0.25, 0.3) is 0 Å². The summed E-state index contributed by atoms with van der Waals surface area (Å²) < 4.78 is 9.85. The number of nitrogens with two attached hydrogens (primary N) is 1. The number of ether oxygens (including phenoxy) is 2. The number of pyridine rings is 1. The molecule has 0 bridgehead atoms. The molecule has 0 aromatic carbocycles. The molecule has 0 aliphatic rings. The fraction of sp³-hybridized carbons (Fsp3) is 0.375. The summed E-state index contributed by atoms with van der Waals surface area (Å²) in [6.45, 7) is 0.466. The van der Waals surface area contributed by atoms with Gasteiger partial charge in [0.2, 0.25) is 0 Å². The van der Waals surface area contributed by atoms with Crippen molar-refractivity contribution in [3.05, 3.63) is 17.8 Å². The summed E-state index contributed by atoms with van der Waals surface area (Å²) in [5.74, 6) is 0.988. The van der Waals surface area contributed by atoms with Gasteiger partial charge in [0.05, 0.1) is 19.4 Å². The number of nitrogen functional groups attached to an aromatic ring is 1. The summed E-state index contributed by atoms with van der Waals surface area (Å²) >= 11 is 0. The quantitative estimate of drug-likeness (QED) is 0.725. The van der Waals surface area contributed by atoms with Gasteiger partial charge in [0, 0.05) is 7.11 Å². The highest BCUT2D eigenvalue weighted by atomic mass is 16.5. The fourth-order valence-corrected chi connectivity index (χ4v) is 0.905. The molecule has 12 heavy (non-hydrogen) atoms. The minimum absolute atomic E-state index is 0.395. The minimum atomic E-state index is 0.395. The molecule has 4 nitrogen and oxygen atoms in total. The molecule has 2 N–H and O–H groups in total. The highest BCUT2D eigenvalue weighted by molar-refractivity contribution is 5.46. The van der Waals surface area contributed by atoms with Gasteiger partial charge in [0.1, 0.15) is 0 Å². The Labute approximate surface area is 71.3 Å². The van der Waals surface area contributed by atoms with Gasteiger partial charge in [-0.2, -0.15) is 0 Å². The first kappa shape index (κ1) is 8.80. The number of hydrogen-bond acceptors (Lipinski definition) is 4. The van der Waals surface area contributed by atoms with Crippen molar-refractivity contribution < 1.29 is 9.47 Å². The Bertz CT molecular complexity index is 263. The van der Waals surface area contributed by atoms with Crippen LogP contribution in [-0.2, 0) is 11.3 Å². The largest absolute Gasteiger partial charge is 0.493 e. The van der Waals surface area contributed by atoms with Crippen molar-refractivity contribution in [1.29, 1.82) is 0 Å². The van der Waals surface area contributed by atoms with Crippen LogP contribution in [0.25, 0.3) is 0 Å². The van der Waals surface area contributed by atoms with E-state index in [1.807, 2.05) is 6.07 Å². The van der Waals surface area contributed by atoms with Gasteiger partial charge in [-0.05, 0) is 12.1 Å². The maximum absolute atomic E-state index is 5.57. The average molecular weight is 168 g/mol. The van der Waals surface area contributed by atoms with E-state index in [2.05, 4.69) is 4.98 Å². The van der Waals surface area contributed by atoms with Crippen molar-refractivity contribution in [3.8, 4) is 5.75 Å². The average Bonchev–Trinajstić information content (AvgIpc) is 2.05. The molecular weight excluding hydrogens is 156 g/mol. The van der Waals surface area contributed by atoms with Crippen molar-refractivity contribution in [2.24, 2.45) is 0 Å². The fourth-order valence-electron chi connectivity index (χ4n) is 0.905. The summed E-state index contributed by atoms with van der Waals surface area (Å²) in [6, 6.07) is 3.59. The summed E-state index contributed by atoms with van der Waals surface area (Å²) in [5, 5.41) is 0. The summed E-state index contributed by atoms with van der Waals surface area (Å²) in [5.41, 5.74) is 6.37. The van der Waals surface area contributed by atoms with Crippen molar-refractivity contribution in [2.45, 2.75) is 6.61 Å². The zero-order valence-corrected chi connectivity index (χ0v) is 7.20. The lowest BCUT2D eigenvalue weighted by atomic mass is 10.3. The molecule has 0 amide bonds. The molecule has 0 saturated carbocycles. The van der Waals surface area contributed by atoms with Crippen molar-refractivity contribution >= 4 is 5.82 Å². The smallest absolute Gasteiger partial charge is 0.166 e. The van der Waals surface area contributed by atoms with E-state index in [9.17, 15) is 0 Å². The van der Waals surface area contributed by atoms with Crippen LogP contribution in [-0.4, -0.2) is 19.2 Å². The van der Waals surface area contributed by atoms with Gasteiger partial charge < -0.3 is 15.2 Å². The second-order valence-corrected chi connectivity index (χ2v) is 2.32. The molecule has 0 fully saturated rings. The van der Waals surface area contributed by atoms with E-state index < -0.39 is 0 Å². The number of aromatic nitrogens is 1. The Morgan fingerprint density at radius 3 is 2.67 bits per heavy atom. The summed E-state index contributed by atoms with van der Waals surface area (Å²) in [4.78, 5) is 4.06. The van der Waals surface area contributed by atoms with E-state index in [-0.39, 0.29) is 0 Å². The van der Waals surface area contributed by atoms with Crippen LogP contribution in [0.4, 0.5) is 5.82 Å². The van der Waals surface area contributed by atoms with E-state index in [4.69, 9.17) is 15.2 Å². The lowest BCUT2D eigenvalue weighted by Gasteiger charge is -2.04. The zero-order valence-electron chi connectivity index (χ0n) is 7.20. The van der Waals surface area contributed by atoms with Crippen LogP contribution >= 0.6 is 0 Å². The Morgan fingerprint density at radius 1 is 1.42 bits per heavy atom. The Kier molecular flexibility index (Phi) is 2.88. The molecule has 4 heteroatoms. The van der Waals surface area contributed by atoms with E-state index in [1.165, 1.54) is 0 Å². The minimum Gasteiger partial charge on any atom is -0.493 e. The molecular formula is C8H12N2O2. The molecule has 0 saturated heterocycles. The zero-order chi connectivity index (χ0) is 8.97. The molecule has 1 heterocycles. The van der Waals surface area contributed by atoms with E-state index in [1.54, 1.807) is 20.3 Å². The monoisotopic (exact) mass is 168 g/mol. The predicted octanol–water partition coefficient (Wildman–Crippen LogP) is 0.819. The lowest BCUT2D eigenvalue weighted by molar-refractivity contribution is 0.181. The van der Waals surface area contributed by atoms with Gasteiger partial charge in [-0.1, -0.05) is 0 Å². The molecule has 0 atom stereocenters. The van der Waals surface area contributed by atoms with Gasteiger partial charge in [-0.25, -0.2) is 4.98 Å². The number of hydrogen-bond donors (Lipinski definition) is 1. The topological polar surface area (TPSA) is 57.4 Å². The first-order valence-electron chi connectivity index (χ1n) is 3.56. The highest BCUT2D eigenvalue weighted by Crippen LogP contribution is 2.18.